The maximum absolute atomic E-state index is 15.6. The average Bonchev–Trinajstić information content (AvgIpc) is 3.10. The maximum Gasteiger partial charge on any atom is 0.509 e. The zero-order chi connectivity index (χ0) is 28.1. The van der Waals surface area contributed by atoms with Crippen LogP contribution in [0.3, 0.4) is 0 Å². The third-order valence-electron chi connectivity index (χ3n) is 9.43. The minimum absolute atomic E-state index is 0.0489. The van der Waals surface area contributed by atoms with Gasteiger partial charge in [0.1, 0.15) is 12.8 Å². The Morgan fingerprint density at radius 2 is 1.97 bits per heavy atom. The molecular formula is C27H37FO9S. The van der Waals surface area contributed by atoms with Gasteiger partial charge in [-0.05, 0) is 61.7 Å². The highest BCUT2D eigenvalue weighted by Crippen LogP contribution is 2.68. The molecule has 4 aliphatic carbocycles. The van der Waals surface area contributed by atoms with Crippen LogP contribution in [0.4, 0.5) is 9.18 Å². The molecule has 4 rings (SSSR count). The molecule has 0 amide bonds. The molecule has 0 saturated heterocycles. The van der Waals surface area contributed by atoms with E-state index in [4.69, 9.17) is 13.7 Å². The number of hydrogen-bond acceptors (Lipinski definition) is 9. The summed E-state index contributed by atoms with van der Waals surface area (Å²) in [6, 6.07) is 0. The summed E-state index contributed by atoms with van der Waals surface area (Å²) in [5, 5.41) is 11.6. The Morgan fingerprint density at radius 3 is 2.63 bits per heavy atom. The second-order valence-electron chi connectivity index (χ2n) is 11.6. The molecule has 0 bridgehead atoms. The normalized spacial score (nSPS) is 40.0. The van der Waals surface area contributed by atoms with Gasteiger partial charge in [-0.15, -0.1) is 0 Å². The summed E-state index contributed by atoms with van der Waals surface area (Å²) in [6.45, 7) is 4.74. The number of hydrogen-bond donors (Lipinski definition) is 1. The van der Waals surface area contributed by atoms with E-state index in [-0.39, 0.29) is 43.5 Å². The van der Waals surface area contributed by atoms with Crippen molar-refractivity contribution in [1.82, 2.24) is 0 Å². The summed E-state index contributed by atoms with van der Waals surface area (Å²) in [6.07, 6.45) is 3.65. The molecule has 0 aromatic rings. The number of aliphatic hydroxyl groups excluding tert-OH is 1. The smallest absolute Gasteiger partial charge is 0.434 e. The Hall–Kier alpha value is -2.11. The number of fused-ring (bicyclic) bond motifs is 5. The molecule has 9 nitrogen and oxygen atoms in total. The first-order chi connectivity index (χ1) is 17.7. The van der Waals surface area contributed by atoms with E-state index in [9.17, 15) is 27.9 Å². The van der Waals surface area contributed by atoms with E-state index in [0.717, 1.165) is 12.7 Å². The Kier molecular flexibility index (Phi) is 7.70. The van der Waals surface area contributed by atoms with Crippen molar-refractivity contribution < 1.29 is 46.0 Å². The van der Waals surface area contributed by atoms with Gasteiger partial charge in [-0.25, -0.2) is 9.18 Å². The van der Waals surface area contributed by atoms with Crippen molar-refractivity contribution in [3.63, 3.8) is 0 Å². The lowest BCUT2D eigenvalue weighted by atomic mass is 9.46. The topological polar surface area (TPSA) is 133 Å². The molecule has 4 aliphatic rings. The van der Waals surface area contributed by atoms with E-state index >= 15 is 4.39 Å². The van der Waals surface area contributed by atoms with Crippen LogP contribution < -0.4 is 0 Å². The Labute approximate surface area is 222 Å². The highest BCUT2D eigenvalue weighted by Gasteiger charge is 2.71. The number of ether oxygens (including phenoxy) is 2. The molecule has 3 saturated carbocycles. The van der Waals surface area contributed by atoms with Gasteiger partial charge in [0.2, 0.25) is 5.78 Å². The third-order valence-corrected chi connectivity index (χ3v) is 9.97. The van der Waals surface area contributed by atoms with Gasteiger partial charge in [0.05, 0.1) is 19.0 Å². The van der Waals surface area contributed by atoms with Crippen molar-refractivity contribution in [1.29, 1.82) is 0 Å². The predicted octanol–water partition coefficient (Wildman–Crippen LogP) is 3.45. The first-order valence-corrected chi connectivity index (χ1v) is 15.0. The van der Waals surface area contributed by atoms with Crippen molar-refractivity contribution in [2.24, 2.45) is 28.6 Å². The van der Waals surface area contributed by atoms with Gasteiger partial charge in [-0.2, -0.15) is 8.42 Å². The van der Waals surface area contributed by atoms with Gasteiger partial charge in [-0.3, -0.25) is 13.8 Å². The molecule has 38 heavy (non-hydrogen) atoms. The van der Waals surface area contributed by atoms with Crippen LogP contribution in [0, 0.1) is 28.6 Å². The van der Waals surface area contributed by atoms with E-state index < -0.39 is 63.3 Å². The van der Waals surface area contributed by atoms with Gasteiger partial charge in [0.15, 0.2) is 11.4 Å². The first-order valence-electron chi connectivity index (χ1n) is 13.2. The van der Waals surface area contributed by atoms with Crippen LogP contribution in [-0.2, 0) is 33.4 Å². The molecule has 0 radical (unpaired) electrons. The maximum atomic E-state index is 15.6. The summed E-state index contributed by atoms with van der Waals surface area (Å²) >= 11 is 0. The van der Waals surface area contributed by atoms with E-state index in [2.05, 4.69) is 0 Å². The van der Waals surface area contributed by atoms with Crippen molar-refractivity contribution >= 4 is 27.8 Å². The molecule has 0 aliphatic heterocycles. The molecule has 11 heteroatoms. The standard InChI is InChI=1S/C27H37FO9S/c1-5-6-11-35-24(32)37-27(22(31)15-36-38(4,33)34)10-8-18-17-13-20(28)19-12-16(29)7-9-25(19,2)23(17)21(30)14-26(18,27)3/h7,9,12,17-18,20-21,23,30H,5-6,8,10-11,13-15H2,1-4H3/t17-,18-,20-,21?,23+,25-,26-,27-/m0/s1. The van der Waals surface area contributed by atoms with Crippen molar-refractivity contribution in [3.8, 4) is 0 Å². The highest BCUT2D eigenvalue weighted by molar-refractivity contribution is 7.86. The molecule has 1 N–H and O–H groups in total. The first kappa shape index (κ1) is 28.9. The number of alkyl halides is 1. The summed E-state index contributed by atoms with van der Waals surface area (Å²) < 4.78 is 54.7. The van der Waals surface area contributed by atoms with Crippen molar-refractivity contribution in [2.45, 2.75) is 77.2 Å². The van der Waals surface area contributed by atoms with Crippen LogP contribution in [0.1, 0.15) is 59.3 Å². The molecule has 0 heterocycles. The van der Waals surface area contributed by atoms with Gasteiger partial charge >= 0.3 is 6.16 Å². The Balaban J connectivity index is 1.72. The lowest BCUT2D eigenvalue weighted by molar-refractivity contribution is -0.185. The number of allylic oxidation sites excluding steroid dienone is 4. The quantitative estimate of drug-likeness (QED) is 0.271. The molecule has 0 spiro atoms. The molecular weight excluding hydrogens is 519 g/mol. The molecule has 0 aromatic carbocycles. The van der Waals surface area contributed by atoms with Crippen LogP contribution >= 0.6 is 0 Å². The van der Waals surface area contributed by atoms with Crippen molar-refractivity contribution in [2.75, 3.05) is 19.5 Å². The molecule has 3 fully saturated rings. The van der Waals surface area contributed by atoms with E-state index in [1.54, 1.807) is 13.0 Å². The van der Waals surface area contributed by atoms with Crippen LogP contribution in [-0.4, -0.2) is 68.6 Å². The zero-order valence-corrected chi connectivity index (χ0v) is 23.1. The summed E-state index contributed by atoms with van der Waals surface area (Å²) in [4.78, 5) is 38.4. The summed E-state index contributed by atoms with van der Waals surface area (Å²) in [5.41, 5.74) is -3.49. The number of ketones is 2. The number of halogens is 1. The van der Waals surface area contributed by atoms with Crippen LogP contribution in [0.2, 0.25) is 0 Å². The zero-order valence-electron chi connectivity index (χ0n) is 22.3. The monoisotopic (exact) mass is 556 g/mol. The average molecular weight is 557 g/mol. The van der Waals surface area contributed by atoms with Gasteiger partial charge in [0, 0.05) is 16.7 Å². The fourth-order valence-electron chi connectivity index (χ4n) is 7.75. The second kappa shape index (κ2) is 10.1. The SMILES string of the molecule is CCCCOC(=O)O[C@]1(C(=O)COS(C)(=O)=O)CC[C@H]2[C@@H]3C[C@H](F)C4=CC(=O)C=C[C@]4(C)[C@H]3C(O)C[C@@]21C. The minimum atomic E-state index is -3.97. The number of unbranched alkanes of at least 4 members (excludes halogenated alkanes) is 1. The third kappa shape index (κ3) is 4.75. The van der Waals surface area contributed by atoms with E-state index in [1.165, 1.54) is 12.2 Å². The molecule has 212 valence electrons. The van der Waals surface area contributed by atoms with Gasteiger partial charge in [0.25, 0.3) is 10.1 Å². The molecule has 1 unspecified atom stereocenters. The highest BCUT2D eigenvalue weighted by atomic mass is 32.2. The Morgan fingerprint density at radius 1 is 1.26 bits per heavy atom. The number of carbonyl (C=O) groups excluding carboxylic acids is 3. The number of carbonyl (C=O) groups is 3. The number of aliphatic hydroxyl groups is 1. The summed E-state index contributed by atoms with van der Waals surface area (Å²) in [5.74, 6) is -2.17. The van der Waals surface area contributed by atoms with Crippen LogP contribution in [0.15, 0.2) is 23.8 Å². The van der Waals surface area contributed by atoms with Crippen LogP contribution in [0.25, 0.3) is 0 Å². The number of rotatable bonds is 8. The summed E-state index contributed by atoms with van der Waals surface area (Å²) in [7, 11) is -3.97. The number of Topliss-reactive ketones (excluding diaryl/α,β-unsaturated/α-hetero) is 1. The lowest BCUT2D eigenvalue weighted by Crippen LogP contribution is -2.64. The molecule has 0 aromatic heterocycles. The second-order valence-corrected chi connectivity index (χ2v) is 13.3. The van der Waals surface area contributed by atoms with Crippen molar-refractivity contribution in [3.05, 3.63) is 23.8 Å². The van der Waals surface area contributed by atoms with Gasteiger partial charge in [-0.1, -0.05) is 33.3 Å². The van der Waals surface area contributed by atoms with Gasteiger partial charge < -0.3 is 14.6 Å². The Bertz CT molecular complexity index is 1160. The fourth-order valence-corrected chi connectivity index (χ4v) is 8.08. The van der Waals surface area contributed by atoms with Crippen LogP contribution in [0.5, 0.6) is 0 Å². The van der Waals surface area contributed by atoms with E-state index in [0.29, 0.717) is 18.4 Å². The lowest BCUT2D eigenvalue weighted by Gasteiger charge is -2.60. The fraction of sp³-hybridized carbons (Fsp3) is 0.741. The minimum Gasteiger partial charge on any atom is -0.434 e. The van der Waals surface area contributed by atoms with E-state index in [1.807, 2.05) is 13.8 Å². The largest absolute Gasteiger partial charge is 0.509 e. The predicted molar refractivity (Wildman–Crippen MR) is 134 cm³/mol. The molecule has 8 atom stereocenters.